The molecule has 1 aromatic heterocycles. The molecular formula is C23H26N4O. The van der Waals surface area contributed by atoms with Crippen molar-refractivity contribution < 1.29 is 4.79 Å². The number of aromatic nitrogens is 2. The van der Waals surface area contributed by atoms with Crippen LogP contribution in [0, 0.1) is 6.92 Å². The van der Waals surface area contributed by atoms with E-state index in [0.29, 0.717) is 17.6 Å². The van der Waals surface area contributed by atoms with Crippen molar-refractivity contribution in [2.45, 2.75) is 39.7 Å². The van der Waals surface area contributed by atoms with Crippen LogP contribution in [0.2, 0.25) is 0 Å². The Hall–Kier alpha value is -3.21. The second-order valence-corrected chi connectivity index (χ2v) is 7.19. The van der Waals surface area contributed by atoms with Crippen molar-refractivity contribution in [2.24, 2.45) is 0 Å². The normalized spacial score (nSPS) is 11.9. The van der Waals surface area contributed by atoms with Gasteiger partial charge in [-0.3, -0.25) is 4.79 Å². The molecule has 0 aliphatic carbocycles. The van der Waals surface area contributed by atoms with Crippen LogP contribution in [-0.2, 0) is 0 Å². The zero-order chi connectivity index (χ0) is 20.1. The van der Waals surface area contributed by atoms with Gasteiger partial charge >= 0.3 is 0 Å². The number of aryl methyl sites for hydroxylation is 1. The topological polar surface area (TPSA) is 66.9 Å². The number of nitrogens with zero attached hydrogens (tertiary/aromatic N) is 2. The highest BCUT2D eigenvalue weighted by atomic mass is 16.1. The number of rotatable bonds is 6. The number of anilines is 2. The van der Waals surface area contributed by atoms with E-state index in [-0.39, 0.29) is 11.9 Å². The van der Waals surface area contributed by atoms with Crippen LogP contribution < -0.4 is 10.6 Å². The van der Waals surface area contributed by atoms with Crippen LogP contribution in [0.1, 0.15) is 59.9 Å². The largest absolute Gasteiger partial charge is 0.348 e. The molecule has 5 heteroatoms. The Balaban J connectivity index is 1.78. The number of carbonyl (C=O) groups is 1. The van der Waals surface area contributed by atoms with Crippen LogP contribution in [0.25, 0.3) is 0 Å². The standard InChI is InChI=1S/C23H26N4O/c1-15(2)19-12-8-9-16(3)21(19)27-22(28)20-13-14-24-23(26-20)25-17(4)18-10-6-5-7-11-18/h5-15,17H,1-4H3,(H,27,28)(H,24,25,26). The fraction of sp³-hybridized carbons (Fsp3) is 0.261. The lowest BCUT2D eigenvalue weighted by Crippen LogP contribution is -2.18. The summed E-state index contributed by atoms with van der Waals surface area (Å²) in [6.07, 6.45) is 1.60. The first-order chi connectivity index (χ1) is 13.5. The summed E-state index contributed by atoms with van der Waals surface area (Å²) in [5.41, 5.74) is 4.45. The fourth-order valence-electron chi connectivity index (χ4n) is 3.09. The van der Waals surface area contributed by atoms with Crippen LogP contribution in [-0.4, -0.2) is 15.9 Å². The van der Waals surface area contributed by atoms with Crippen molar-refractivity contribution in [1.29, 1.82) is 0 Å². The number of nitrogens with one attached hydrogen (secondary N) is 2. The number of benzene rings is 2. The quantitative estimate of drug-likeness (QED) is 0.612. The average Bonchev–Trinajstić information content (AvgIpc) is 2.70. The third-order valence-electron chi connectivity index (χ3n) is 4.70. The van der Waals surface area contributed by atoms with Crippen LogP contribution in [0.4, 0.5) is 11.6 Å². The minimum atomic E-state index is -0.242. The van der Waals surface area contributed by atoms with E-state index in [2.05, 4.69) is 34.4 Å². The molecule has 0 bridgehead atoms. The Labute approximate surface area is 166 Å². The Morgan fingerprint density at radius 2 is 1.71 bits per heavy atom. The molecule has 1 atom stereocenters. The monoisotopic (exact) mass is 374 g/mol. The molecule has 1 unspecified atom stereocenters. The summed E-state index contributed by atoms with van der Waals surface area (Å²) >= 11 is 0. The Bertz CT molecular complexity index is 954. The average molecular weight is 374 g/mol. The van der Waals surface area contributed by atoms with Gasteiger partial charge in [0.05, 0.1) is 6.04 Å². The second-order valence-electron chi connectivity index (χ2n) is 7.19. The molecule has 1 amide bonds. The predicted molar refractivity (Wildman–Crippen MR) is 114 cm³/mol. The molecule has 28 heavy (non-hydrogen) atoms. The molecule has 0 saturated heterocycles. The van der Waals surface area contributed by atoms with Crippen molar-refractivity contribution in [3.8, 4) is 0 Å². The van der Waals surface area contributed by atoms with Gasteiger partial charge in [-0.15, -0.1) is 0 Å². The molecular weight excluding hydrogens is 348 g/mol. The zero-order valence-corrected chi connectivity index (χ0v) is 16.7. The van der Waals surface area contributed by atoms with Gasteiger partial charge in [0.25, 0.3) is 5.91 Å². The molecule has 0 fully saturated rings. The van der Waals surface area contributed by atoms with Crippen molar-refractivity contribution in [3.05, 3.63) is 83.2 Å². The molecule has 3 rings (SSSR count). The number of para-hydroxylation sites is 1. The van der Waals surface area contributed by atoms with E-state index in [9.17, 15) is 4.79 Å². The summed E-state index contributed by atoms with van der Waals surface area (Å²) < 4.78 is 0. The third-order valence-corrected chi connectivity index (χ3v) is 4.70. The summed E-state index contributed by atoms with van der Waals surface area (Å²) in [4.78, 5) is 21.5. The van der Waals surface area contributed by atoms with Gasteiger partial charge in [0.15, 0.2) is 0 Å². The fourth-order valence-corrected chi connectivity index (χ4v) is 3.09. The maximum absolute atomic E-state index is 12.8. The maximum Gasteiger partial charge on any atom is 0.274 e. The molecule has 0 saturated carbocycles. The maximum atomic E-state index is 12.8. The SMILES string of the molecule is Cc1cccc(C(C)C)c1NC(=O)c1ccnc(NC(C)c2ccccc2)n1. The van der Waals surface area contributed by atoms with Crippen molar-refractivity contribution in [3.63, 3.8) is 0 Å². The first-order valence-corrected chi connectivity index (χ1v) is 9.51. The van der Waals surface area contributed by atoms with E-state index < -0.39 is 0 Å². The van der Waals surface area contributed by atoms with Crippen molar-refractivity contribution >= 4 is 17.5 Å². The lowest BCUT2D eigenvalue weighted by molar-refractivity contribution is 0.102. The molecule has 5 nitrogen and oxygen atoms in total. The molecule has 1 heterocycles. The molecule has 0 radical (unpaired) electrons. The summed E-state index contributed by atoms with van der Waals surface area (Å²) in [7, 11) is 0. The van der Waals surface area contributed by atoms with Gasteiger partial charge in [-0.1, -0.05) is 62.4 Å². The van der Waals surface area contributed by atoms with Crippen LogP contribution in [0.3, 0.4) is 0 Å². The lowest BCUT2D eigenvalue weighted by atomic mass is 9.98. The number of hydrogen-bond acceptors (Lipinski definition) is 4. The first-order valence-electron chi connectivity index (χ1n) is 9.51. The summed E-state index contributed by atoms with van der Waals surface area (Å²) in [5.74, 6) is 0.497. The van der Waals surface area contributed by atoms with E-state index in [0.717, 1.165) is 22.4 Å². The highest BCUT2D eigenvalue weighted by Gasteiger charge is 2.15. The molecule has 2 N–H and O–H groups in total. The number of hydrogen-bond donors (Lipinski definition) is 2. The third kappa shape index (κ3) is 4.55. The number of carbonyl (C=O) groups excluding carboxylic acids is 1. The Morgan fingerprint density at radius 3 is 2.43 bits per heavy atom. The molecule has 0 aliphatic rings. The molecule has 3 aromatic rings. The van der Waals surface area contributed by atoms with Gasteiger partial charge in [-0.05, 0) is 42.5 Å². The highest BCUT2D eigenvalue weighted by Crippen LogP contribution is 2.27. The molecule has 2 aromatic carbocycles. The van der Waals surface area contributed by atoms with Gasteiger partial charge in [-0.2, -0.15) is 0 Å². The zero-order valence-electron chi connectivity index (χ0n) is 16.7. The minimum absolute atomic E-state index is 0.0309. The highest BCUT2D eigenvalue weighted by molar-refractivity contribution is 6.03. The molecule has 0 aliphatic heterocycles. The van der Waals surface area contributed by atoms with E-state index in [1.807, 2.05) is 62.4 Å². The van der Waals surface area contributed by atoms with E-state index in [1.54, 1.807) is 12.3 Å². The predicted octanol–water partition coefficient (Wildman–Crippen LogP) is 5.33. The Morgan fingerprint density at radius 1 is 0.964 bits per heavy atom. The van der Waals surface area contributed by atoms with Crippen LogP contribution in [0.15, 0.2) is 60.8 Å². The van der Waals surface area contributed by atoms with Gasteiger partial charge in [0, 0.05) is 11.9 Å². The van der Waals surface area contributed by atoms with Gasteiger partial charge in [0.2, 0.25) is 5.95 Å². The van der Waals surface area contributed by atoms with E-state index >= 15 is 0 Å². The minimum Gasteiger partial charge on any atom is -0.348 e. The second kappa shape index (κ2) is 8.65. The van der Waals surface area contributed by atoms with E-state index in [1.165, 1.54) is 0 Å². The lowest BCUT2D eigenvalue weighted by Gasteiger charge is -2.17. The van der Waals surface area contributed by atoms with Gasteiger partial charge in [-0.25, -0.2) is 9.97 Å². The summed E-state index contributed by atoms with van der Waals surface area (Å²) in [5, 5.41) is 6.29. The summed E-state index contributed by atoms with van der Waals surface area (Å²) in [6.45, 7) is 8.26. The van der Waals surface area contributed by atoms with Crippen molar-refractivity contribution in [1.82, 2.24) is 9.97 Å². The van der Waals surface area contributed by atoms with Crippen LogP contribution >= 0.6 is 0 Å². The summed E-state index contributed by atoms with van der Waals surface area (Å²) in [6, 6.07) is 17.8. The Kier molecular flexibility index (Phi) is 6.04. The van der Waals surface area contributed by atoms with E-state index in [4.69, 9.17) is 0 Å². The molecule has 144 valence electrons. The first kappa shape index (κ1) is 19.5. The smallest absolute Gasteiger partial charge is 0.274 e. The van der Waals surface area contributed by atoms with Gasteiger partial charge in [0.1, 0.15) is 5.69 Å². The number of amides is 1. The van der Waals surface area contributed by atoms with Crippen molar-refractivity contribution in [2.75, 3.05) is 10.6 Å². The van der Waals surface area contributed by atoms with Crippen LogP contribution in [0.5, 0.6) is 0 Å². The van der Waals surface area contributed by atoms with Gasteiger partial charge < -0.3 is 10.6 Å². The molecule has 0 spiro atoms.